The third kappa shape index (κ3) is 3.75. The molecule has 0 aliphatic carbocycles. The first-order valence-corrected chi connectivity index (χ1v) is 9.44. The molecule has 0 bridgehead atoms. The van der Waals surface area contributed by atoms with Gasteiger partial charge >= 0.3 is 0 Å². The quantitative estimate of drug-likeness (QED) is 0.311. The maximum Gasteiger partial charge on any atom is 0.159 e. The summed E-state index contributed by atoms with van der Waals surface area (Å²) in [5.41, 5.74) is 1.88. The molecule has 0 nitrogen and oxygen atoms in total. The summed E-state index contributed by atoms with van der Waals surface area (Å²) in [5.74, 6) is -3.87. The van der Waals surface area contributed by atoms with Gasteiger partial charge in [-0.1, -0.05) is 49.7 Å². The van der Waals surface area contributed by atoms with Gasteiger partial charge in [-0.2, -0.15) is 0 Å². The molecule has 0 saturated carbocycles. The maximum atomic E-state index is 14.7. The van der Waals surface area contributed by atoms with E-state index >= 15 is 0 Å². The predicted molar refractivity (Wildman–Crippen MR) is 109 cm³/mol. The normalized spacial score (nSPS) is 11.2. The van der Waals surface area contributed by atoms with Crippen LogP contribution in [0.3, 0.4) is 0 Å². The van der Waals surface area contributed by atoms with Gasteiger partial charge in [-0.05, 0) is 69.8 Å². The molecule has 0 N–H and O–H groups in total. The molecule has 0 spiro atoms. The van der Waals surface area contributed by atoms with Crippen LogP contribution >= 0.6 is 0 Å². The Morgan fingerprint density at radius 2 is 1.17 bits per heavy atom. The van der Waals surface area contributed by atoms with Gasteiger partial charge in [-0.15, -0.1) is 0 Å². The fourth-order valence-corrected chi connectivity index (χ4v) is 3.59. The van der Waals surface area contributed by atoms with Crippen molar-refractivity contribution in [2.75, 3.05) is 0 Å². The van der Waals surface area contributed by atoms with Crippen molar-refractivity contribution in [2.45, 2.75) is 19.8 Å². The zero-order valence-corrected chi connectivity index (χ0v) is 15.8. The molecule has 0 atom stereocenters. The summed E-state index contributed by atoms with van der Waals surface area (Å²) in [6.07, 6.45) is 2.06. The van der Waals surface area contributed by atoms with Crippen molar-refractivity contribution in [3.8, 4) is 22.3 Å². The second kappa shape index (κ2) is 7.70. The highest BCUT2D eigenvalue weighted by Crippen LogP contribution is 2.33. The summed E-state index contributed by atoms with van der Waals surface area (Å²) in [5, 5.41) is 2.05. The van der Waals surface area contributed by atoms with Crippen LogP contribution in [0.25, 0.3) is 33.0 Å². The summed E-state index contributed by atoms with van der Waals surface area (Å²) in [6.45, 7) is 2.13. The molecule has 0 saturated heterocycles. The molecule has 0 amide bonds. The van der Waals surface area contributed by atoms with Gasteiger partial charge in [-0.3, -0.25) is 0 Å². The second-order valence-corrected chi connectivity index (χ2v) is 7.09. The minimum atomic E-state index is -1.15. The Morgan fingerprint density at radius 1 is 0.552 bits per heavy atom. The number of fused-ring (bicyclic) bond motifs is 1. The molecule has 0 radical (unpaired) electrons. The minimum absolute atomic E-state index is 0.0487. The maximum absolute atomic E-state index is 14.7. The highest BCUT2D eigenvalue weighted by Gasteiger charge is 2.16. The van der Waals surface area contributed by atoms with Gasteiger partial charge in [-0.25, -0.2) is 17.6 Å². The van der Waals surface area contributed by atoms with Crippen molar-refractivity contribution in [3.63, 3.8) is 0 Å². The van der Waals surface area contributed by atoms with Gasteiger partial charge < -0.3 is 0 Å². The van der Waals surface area contributed by atoms with Gasteiger partial charge in [0.25, 0.3) is 0 Å². The summed E-state index contributed by atoms with van der Waals surface area (Å²) in [4.78, 5) is 0. The summed E-state index contributed by atoms with van der Waals surface area (Å²) >= 11 is 0. The first-order chi connectivity index (χ1) is 14.0. The van der Waals surface area contributed by atoms with Crippen molar-refractivity contribution < 1.29 is 17.6 Å². The monoisotopic (exact) mass is 394 g/mol. The molecule has 0 aliphatic heterocycles. The Morgan fingerprint density at radius 3 is 1.86 bits per heavy atom. The molecule has 0 heterocycles. The highest BCUT2D eigenvalue weighted by molar-refractivity contribution is 5.88. The lowest BCUT2D eigenvalue weighted by molar-refractivity contribution is 0.508. The van der Waals surface area contributed by atoms with E-state index in [0.29, 0.717) is 11.1 Å². The first-order valence-electron chi connectivity index (χ1n) is 9.44. The van der Waals surface area contributed by atoms with E-state index in [0.717, 1.165) is 41.8 Å². The molecule has 0 fully saturated rings. The zero-order chi connectivity index (χ0) is 20.5. The van der Waals surface area contributed by atoms with Crippen LogP contribution in [-0.2, 0) is 6.42 Å². The van der Waals surface area contributed by atoms with Crippen LogP contribution in [-0.4, -0.2) is 0 Å². The van der Waals surface area contributed by atoms with E-state index in [1.165, 1.54) is 17.7 Å². The number of halogens is 4. The molecular weight excluding hydrogens is 376 g/mol. The van der Waals surface area contributed by atoms with Crippen molar-refractivity contribution in [3.05, 3.63) is 95.6 Å². The molecule has 146 valence electrons. The minimum Gasteiger partial charge on any atom is -0.206 e. The van der Waals surface area contributed by atoms with Crippen molar-refractivity contribution >= 4 is 10.8 Å². The Kier molecular flexibility index (Phi) is 5.10. The van der Waals surface area contributed by atoms with Gasteiger partial charge in [0.05, 0.1) is 5.56 Å². The number of hydrogen-bond acceptors (Lipinski definition) is 0. The van der Waals surface area contributed by atoms with E-state index in [-0.39, 0.29) is 11.1 Å². The lowest BCUT2D eigenvalue weighted by Crippen LogP contribution is -1.94. The van der Waals surface area contributed by atoms with Crippen LogP contribution in [0.15, 0.2) is 66.7 Å². The van der Waals surface area contributed by atoms with Crippen molar-refractivity contribution in [2.24, 2.45) is 0 Å². The Hall–Kier alpha value is -3.14. The molecule has 4 heteroatoms. The second-order valence-electron chi connectivity index (χ2n) is 7.09. The van der Waals surface area contributed by atoms with Gasteiger partial charge in [0, 0.05) is 0 Å². The molecule has 4 rings (SSSR count). The number of aryl methyl sites for hydroxylation is 1. The predicted octanol–water partition coefficient (Wildman–Crippen LogP) is 7.68. The molecule has 0 unspecified atom stereocenters. The lowest BCUT2D eigenvalue weighted by Gasteiger charge is -2.10. The lowest BCUT2D eigenvalue weighted by atomic mass is 9.96. The molecule has 0 aliphatic rings. The van der Waals surface area contributed by atoms with Crippen LogP contribution in [0.4, 0.5) is 17.6 Å². The molecule has 29 heavy (non-hydrogen) atoms. The topological polar surface area (TPSA) is 0 Å². The summed E-state index contributed by atoms with van der Waals surface area (Å²) in [6, 6.07) is 17.1. The number of hydrogen-bond donors (Lipinski definition) is 0. The highest BCUT2D eigenvalue weighted by atomic mass is 19.2. The van der Waals surface area contributed by atoms with E-state index < -0.39 is 23.3 Å². The van der Waals surface area contributed by atoms with E-state index in [1.807, 2.05) is 24.3 Å². The Bertz CT molecular complexity index is 1190. The molecule has 4 aromatic carbocycles. The third-order valence-corrected chi connectivity index (χ3v) is 5.03. The molecular formula is C25H18F4. The fraction of sp³-hybridized carbons (Fsp3) is 0.120. The first kappa shape index (κ1) is 19.2. The standard InChI is InChI=1S/C25H18F4/c1-2-3-15-4-5-17-11-18(7-6-16(17)10-15)20-13-23(28)25(24(29)14-20)19-8-9-21(26)22(27)12-19/h4-14H,2-3H2,1H3. The average molecular weight is 394 g/mol. The molecule has 4 aromatic rings. The molecule has 0 aromatic heterocycles. The SMILES string of the molecule is CCCc1ccc2cc(-c3cc(F)c(-c4ccc(F)c(F)c4)c(F)c3)ccc2c1. The van der Waals surface area contributed by atoms with E-state index in [1.54, 1.807) is 0 Å². The largest absolute Gasteiger partial charge is 0.206 e. The van der Waals surface area contributed by atoms with E-state index in [9.17, 15) is 17.6 Å². The van der Waals surface area contributed by atoms with Crippen LogP contribution in [0, 0.1) is 23.3 Å². The summed E-state index contributed by atoms with van der Waals surface area (Å²) in [7, 11) is 0. The zero-order valence-electron chi connectivity index (χ0n) is 15.8. The third-order valence-electron chi connectivity index (χ3n) is 5.03. The van der Waals surface area contributed by atoms with E-state index in [4.69, 9.17) is 0 Å². The smallest absolute Gasteiger partial charge is 0.159 e. The summed E-state index contributed by atoms with van der Waals surface area (Å²) < 4.78 is 56.0. The van der Waals surface area contributed by atoms with Gasteiger partial charge in [0.1, 0.15) is 11.6 Å². The van der Waals surface area contributed by atoms with Crippen LogP contribution < -0.4 is 0 Å². The van der Waals surface area contributed by atoms with Crippen molar-refractivity contribution in [1.82, 2.24) is 0 Å². The van der Waals surface area contributed by atoms with Crippen LogP contribution in [0.2, 0.25) is 0 Å². The number of rotatable bonds is 4. The average Bonchev–Trinajstić information content (AvgIpc) is 2.70. The van der Waals surface area contributed by atoms with Gasteiger partial charge in [0.15, 0.2) is 11.6 Å². The van der Waals surface area contributed by atoms with Crippen molar-refractivity contribution in [1.29, 1.82) is 0 Å². The number of benzene rings is 4. The Labute approximate surface area is 166 Å². The van der Waals surface area contributed by atoms with Gasteiger partial charge in [0.2, 0.25) is 0 Å². The van der Waals surface area contributed by atoms with Crippen LogP contribution in [0.1, 0.15) is 18.9 Å². The van der Waals surface area contributed by atoms with Crippen LogP contribution in [0.5, 0.6) is 0 Å². The Balaban J connectivity index is 1.75. The fourth-order valence-electron chi connectivity index (χ4n) is 3.59. The van der Waals surface area contributed by atoms with E-state index in [2.05, 4.69) is 19.1 Å².